The summed E-state index contributed by atoms with van der Waals surface area (Å²) >= 11 is 0. The molecule has 4 atom stereocenters. The van der Waals surface area contributed by atoms with E-state index in [1.54, 1.807) is 0 Å². The van der Waals surface area contributed by atoms with Crippen molar-refractivity contribution >= 4 is 0 Å². The van der Waals surface area contributed by atoms with Gasteiger partial charge in [-0.15, -0.1) is 0 Å². The number of likely N-dealkylation sites (N-methyl/N-ethyl adjacent to an activating group) is 2. The number of hydrogen-bond acceptors (Lipinski definition) is 2. The lowest BCUT2D eigenvalue weighted by molar-refractivity contribution is 0.0804. The summed E-state index contributed by atoms with van der Waals surface area (Å²) in [5.74, 6) is 2.73. The third-order valence-electron chi connectivity index (χ3n) is 4.55. The summed E-state index contributed by atoms with van der Waals surface area (Å²) in [4.78, 5) is 2.63. The molecular weight excluding hydrogens is 196 g/mol. The first-order chi connectivity index (χ1) is 7.61. The van der Waals surface area contributed by atoms with E-state index in [1.807, 2.05) is 0 Å². The van der Waals surface area contributed by atoms with Crippen LogP contribution in [0, 0.1) is 17.8 Å². The van der Waals surface area contributed by atoms with Crippen LogP contribution >= 0.6 is 0 Å². The van der Waals surface area contributed by atoms with Crippen molar-refractivity contribution in [1.82, 2.24) is 10.2 Å². The maximum atomic E-state index is 3.55. The predicted octanol–water partition coefficient (Wildman–Crippen LogP) is 2.35. The second-order valence-corrected chi connectivity index (χ2v) is 6.32. The zero-order valence-electron chi connectivity index (χ0n) is 11.4. The van der Waals surface area contributed by atoms with Gasteiger partial charge in [0.15, 0.2) is 0 Å². The van der Waals surface area contributed by atoms with Crippen molar-refractivity contribution in [2.45, 2.75) is 51.6 Å². The molecule has 2 fully saturated rings. The van der Waals surface area contributed by atoms with Crippen LogP contribution < -0.4 is 5.32 Å². The topological polar surface area (TPSA) is 15.3 Å². The van der Waals surface area contributed by atoms with Crippen LogP contribution in [-0.4, -0.2) is 37.6 Å². The van der Waals surface area contributed by atoms with Crippen LogP contribution in [0.3, 0.4) is 0 Å². The minimum atomic E-state index is 0.697. The zero-order valence-corrected chi connectivity index (χ0v) is 11.4. The molecule has 0 aromatic carbocycles. The highest BCUT2D eigenvalue weighted by Crippen LogP contribution is 2.35. The molecule has 0 aromatic heterocycles. The molecule has 2 nitrogen and oxygen atoms in total. The van der Waals surface area contributed by atoms with Gasteiger partial charge in [-0.05, 0) is 57.5 Å². The van der Waals surface area contributed by atoms with Gasteiger partial charge in [0, 0.05) is 18.6 Å². The fourth-order valence-corrected chi connectivity index (χ4v) is 3.70. The van der Waals surface area contributed by atoms with Crippen LogP contribution in [0.5, 0.6) is 0 Å². The molecule has 2 aliphatic carbocycles. The van der Waals surface area contributed by atoms with Crippen molar-refractivity contribution in [2.75, 3.05) is 20.6 Å². The minimum absolute atomic E-state index is 0.697. The molecule has 2 heteroatoms. The van der Waals surface area contributed by atoms with Crippen molar-refractivity contribution < 1.29 is 0 Å². The van der Waals surface area contributed by atoms with Crippen LogP contribution in [0.4, 0.5) is 0 Å². The minimum Gasteiger partial charge on any atom is -0.315 e. The van der Waals surface area contributed by atoms with E-state index in [2.05, 4.69) is 38.2 Å². The molecule has 0 aromatic rings. The van der Waals surface area contributed by atoms with Crippen LogP contribution in [-0.2, 0) is 0 Å². The van der Waals surface area contributed by atoms with Crippen molar-refractivity contribution in [2.24, 2.45) is 17.8 Å². The van der Waals surface area contributed by atoms with E-state index in [0.29, 0.717) is 6.04 Å². The second-order valence-electron chi connectivity index (χ2n) is 6.32. The van der Waals surface area contributed by atoms with Gasteiger partial charge in [-0.3, -0.25) is 0 Å². The van der Waals surface area contributed by atoms with Crippen molar-refractivity contribution in [1.29, 1.82) is 0 Å². The molecule has 94 valence electrons. The monoisotopic (exact) mass is 224 g/mol. The molecule has 0 spiro atoms. The van der Waals surface area contributed by atoms with Gasteiger partial charge in [-0.2, -0.15) is 0 Å². The van der Waals surface area contributed by atoms with E-state index in [1.165, 1.54) is 32.2 Å². The largest absolute Gasteiger partial charge is 0.315 e. The standard InChI is InChI=1S/C14H28N2/c1-10-7-11(2)14(13(8-10)15-3)16(4)9-12-5-6-12/h10-15H,5-9H2,1-4H3. The summed E-state index contributed by atoms with van der Waals surface area (Å²) < 4.78 is 0. The molecule has 0 aliphatic heterocycles. The SMILES string of the molecule is CNC1CC(C)CC(C)C1N(C)CC1CC1. The molecule has 2 saturated carbocycles. The first-order valence-corrected chi connectivity index (χ1v) is 6.99. The number of nitrogens with zero attached hydrogens (tertiary/aromatic N) is 1. The van der Waals surface area contributed by atoms with Crippen LogP contribution in [0.2, 0.25) is 0 Å². The predicted molar refractivity (Wildman–Crippen MR) is 69.6 cm³/mol. The Labute approximate surface area is 101 Å². The molecule has 0 amide bonds. The molecule has 0 heterocycles. The molecule has 4 unspecified atom stereocenters. The number of rotatable bonds is 4. The summed E-state index contributed by atoms with van der Waals surface area (Å²) in [6, 6.07) is 1.45. The molecule has 1 N–H and O–H groups in total. The lowest BCUT2D eigenvalue weighted by Crippen LogP contribution is -2.55. The first kappa shape index (κ1) is 12.4. The van der Waals surface area contributed by atoms with Crippen molar-refractivity contribution in [3.8, 4) is 0 Å². The molecular formula is C14H28N2. The molecule has 0 bridgehead atoms. The molecule has 2 aliphatic rings. The van der Waals surface area contributed by atoms with E-state index in [-0.39, 0.29) is 0 Å². The Balaban J connectivity index is 1.96. The van der Waals surface area contributed by atoms with Gasteiger partial charge in [0.25, 0.3) is 0 Å². The molecule has 0 radical (unpaired) electrons. The average molecular weight is 224 g/mol. The third-order valence-corrected chi connectivity index (χ3v) is 4.55. The Morgan fingerprint density at radius 1 is 1.19 bits per heavy atom. The highest BCUT2D eigenvalue weighted by atomic mass is 15.2. The van der Waals surface area contributed by atoms with E-state index >= 15 is 0 Å². The third kappa shape index (κ3) is 2.78. The summed E-state index contributed by atoms with van der Waals surface area (Å²) in [5, 5.41) is 3.55. The maximum Gasteiger partial charge on any atom is 0.0272 e. The van der Waals surface area contributed by atoms with Gasteiger partial charge in [0.1, 0.15) is 0 Å². The smallest absolute Gasteiger partial charge is 0.0272 e. The molecule has 2 rings (SSSR count). The first-order valence-electron chi connectivity index (χ1n) is 6.99. The second kappa shape index (κ2) is 5.05. The lowest BCUT2D eigenvalue weighted by Gasteiger charge is -2.44. The Morgan fingerprint density at radius 2 is 1.88 bits per heavy atom. The summed E-state index contributed by atoms with van der Waals surface area (Å²) in [5.41, 5.74) is 0. The van der Waals surface area contributed by atoms with E-state index in [0.717, 1.165) is 23.8 Å². The van der Waals surface area contributed by atoms with Crippen molar-refractivity contribution in [3.63, 3.8) is 0 Å². The van der Waals surface area contributed by atoms with Gasteiger partial charge >= 0.3 is 0 Å². The highest BCUT2D eigenvalue weighted by molar-refractivity contribution is 4.93. The average Bonchev–Trinajstić information content (AvgIpc) is 2.99. The van der Waals surface area contributed by atoms with Crippen LogP contribution in [0.25, 0.3) is 0 Å². The number of nitrogens with one attached hydrogen (secondary N) is 1. The van der Waals surface area contributed by atoms with Gasteiger partial charge < -0.3 is 10.2 Å². The Morgan fingerprint density at radius 3 is 2.44 bits per heavy atom. The quantitative estimate of drug-likeness (QED) is 0.788. The Hall–Kier alpha value is -0.0800. The van der Waals surface area contributed by atoms with Crippen LogP contribution in [0.15, 0.2) is 0 Å². The zero-order chi connectivity index (χ0) is 11.7. The van der Waals surface area contributed by atoms with E-state index < -0.39 is 0 Å². The Kier molecular flexibility index (Phi) is 3.91. The fraction of sp³-hybridized carbons (Fsp3) is 1.00. The van der Waals surface area contributed by atoms with Gasteiger partial charge in [-0.25, -0.2) is 0 Å². The van der Waals surface area contributed by atoms with Gasteiger partial charge in [0.2, 0.25) is 0 Å². The van der Waals surface area contributed by atoms with E-state index in [4.69, 9.17) is 0 Å². The summed E-state index contributed by atoms with van der Waals surface area (Å²) in [7, 11) is 4.47. The summed E-state index contributed by atoms with van der Waals surface area (Å²) in [6.45, 7) is 6.16. The van der Waals surface area contributed by atoms with Crippen molar-refractivity contribution in [3.05, 3.63) is 0 Å². The normalized spacial score (nSPS) is 40.3. The van der Waals surface area contributed by atoms with Gasteiger partial charge in [-0.1, -0.05) is 13.8 Å². The molecule has 0 saturated heterocycles. The van der Waals surface area contributed by atoms with Gasteiger partial charge in [0.05, 0.1) is 0 Å². The maximum absolute atomic E-state index is 3.55. The number of hydrogen-bond donors (Lipinski definition) is 1. The summed E-state index contributed by atoms with van der Waals surface area (Å²) in [6.07, 6.45) is 5.68. The van der Waals surface area contributed by atoms with E-state index in [9.17, 15) is 0 Å². The Bertz CT molecular complexity index is 225. The lowest BCUT2D eigenvalue weighted by atomic mass is 9.76. The van der Waals surface area contributed by atoms with Crippen LogP contribution in [0.1, 0.15) is 39.5 Å². The fourth-order valence-electron chi connectivity index (χ4n) is 3.70. The highest BCUT2D eigenvalue weighted by Gasteiger charge is 2.37. The molecule has 16 heavy (non-hydrogen) atoms.